The minimum absolute atomic E-state index is 0.0885. The van der Waals surface area contributed by atoms with E-state index in [2.05, 4.69) is 0 Å². The maximum Gasteiger partial charge on any atom is 0.314 e. The zero-order chi connectivity index (χ0) is 12.9. The van der Waals surface area contributed by atoms with Crippen molar-refractivity contribution in [2.75, 3.05) is 13.7 Å². The number of aliphatic hydroxyl groups excluding tert-OH is 1. The first-order chi connectivity index (χ1) is 8.01. The number of benzene rings is 1. The highest BCUT2D eigenvalue weighted by Crippen LogP contribution is 2.23. The number of methoxy groups -OCH3 is 1. The van der Waals surface area contributed by atoms with Crippen molar-refractivity contribution < 1.29 is 19.4 Å². The van der Waals surface area contributed by atoms with E-state index < -0.39 is 5.41 Å². The van der Waals surface area contributed by atoms with Gasteiger partial charge in [-0.25, -0.2) is 0 Å². The number of ether oxygens (including phenoxy) is 2. The summed E-state index contributed by atoms with van der Waals surface area (Å²) in [6.45, 7) is 3.62. The topological polar surface area (TPSA) is 55.8 Å². The molecule has 0 atom stereocenters. The molecule has 1 rings (SSSR count). The lowest BCUT2D eigenvalue weighted by Crippen LogP contribution is -2.32. The van der Waals surface area contributed by atoms with Crippen LogP contribution < -0.4 is 4.74 Å². The van der Waals surface area contributed by atoms with E-state index in [1.165, 1.54) is 7.11 Å². The Labute approximate surface area is 101 Å². The van der Waals surface area contributed by atoms with Crippen LogP contribution >= 0.6 is 0 Å². The lowest BCUT2D eigenvalue weighted by molar-refractivity contribution is -0.152. The van der Waals surface area contributed by atoms with Gasteiger partial charge in [-0.3, -0.25) is 4.79 Å². The highest BCUT2D eigenvalue weighted by Gasteiger charge is 2.29. The second kappa shape index (κ2) is 5.68. The van der Waals surface area contributed by atoms with E-state index in [0.29, 0.717) is 11.3 Å². The number of esters is 1. The number of hydrogen-bond donors (Lipinski definition) is 1. The molecule has 0 heterocycles. The first-order valence-corrected chi connectivity index (χ1v) is 5.41. The number of hydrogen-bond acceptors (Lipinski definition) is 4. The van der Waals surface area contributed by atoms with Crippen LogP contribution in [0.5, 0.6) is 5.75 Å². The first kappa shape index (κ1) is 13.5. The smallest absolute Gasteiger partial charge is 0.314 e. The Balaban J connectivity index is 2.70. The summed E-state index contributed by atoms with van der Waals surface area (Å²) in [4.78, 5) is 11.5. The van der Waals surface area contributed by atoms with Crippen molar-refractivity contribution >= 4 is 5.97 Å². The van der Waals surface area contributed by atoms with E-state index in [-0.39, 0.29) is 19.2 Å². The average molecular weight is 238 g/mol. The summed E-state index contributed by atoms with van der Waals surface area (Å²) in [5.41, 5.74) is -0.00899. The Hall–Kier alpha value is -1.55. The number of aliphatic hydroxyl groups is 1. The molecule has 0 radical (unpaired) electrons. The third-order valence-electron chi connectivity index (χ3n) is 2.47. The van der Waals surface area contributed by atoms with E-state index in [0.717, 1.165) is 0 Å². The van der Waals surface area contributed by atoms with Crippen LogP contribution in [0.25, 0.3) is 0 Å². The lowest BCUT2D eigenvalue weighted by atomic mass is 9.95. The quantitative estimate of drug-likeness (QED) is 0.794. The van der Waals surface area contributed by atoms with Crippen molar-refractivity contribution in [3.63, 3.8) is 0 Å². The van der Waals surface area contributed by atoms with Crippen LogP contribution in [0, 0.1) is 5.41 Å². The zero-order valence-corrected chi connectivity index (χ0v) is 10.4. The molecule has 17 heavy (non-hydrogen) atoms. The van der Waals surface area contributed by atoms with Gasteiger partial charge in [-0.15, -0.1) is 0 Å². The average Bonchev–Trinajstić information content (AvgIpc) is 2.35. The molecule has 0 amide bonds. The molecule has 1 aromatic rings. The molecule has 0 saturated carbocycles. The summed E-state index contributed by atoms with van der Waals surface area (Å²) in [7, 11) is 1.35. The van der Waals surface area contributed by atoms with Crippen molar-refractivity contribution in [1.29, 1.82) is 0 Å². The summed E-state index contributed by atoms with van der Waals surface area (Å²) in [5.74, 6) is 0.269. The van der Waals surface area contributed by atoms with Crippen LogP contribution in [0.15, 0.2) is 24.3 Å². The number of carbonyl (C=O) groups is 1. The maximum absolute atomic E-state index is 11.5. The summed E-state index contributed by atoms with van der Waals surface area (Å²) >= 11 is 0. The predicted molar refractivity (Wildman–Crippen MR) is 63.7 cm³/mol. The maximum atomic E-state index is 11.5. The van der Waals surface area contributed by atoms with Crippen LogP contribution in [-0.4, -0.2) is 24.8 Å². The Morgan fingerprint density at radius 1 is 1.35 bits per heavy atom. The fraction of sp³-hybridized carbons (Fsp3) is 0.462. The largest absolute Gasteiger partial charge is 0.492 e. The Morgan fingerprint density at radius 3 is 2.59 bits per heavy atom. The molecular weight excluding hydrogens is 220 g/mol. The third kappa shape index (κ3) is 3.46. The minimum Gasteiger partial charge on any atom is -0.492 e. The molecule has 0 aliphatic rings. The standard InChI is InChI=1S/C13H18O4/c1-13(2,12(15)16-3)9-17-11-7-5-4-6-10(11)8-14/h4-7,14H,8-9H2,1-3H3. The van der Waals surface area contributed by atoms with Gasteiger partial charge in [-0.2, -0.15) is 0 Å². The van der Waals surface area contributed by atoms with Gasteiger partial charge in [-0.1, -0.05) is 18.2 Å². The Kier molecular flexibility index (Phi) is 4.52. The van der Waals surface area contributed by atoms with E-state index in [1.54, 1.807) is 26.0 Å². The monoisotopic (exact) mass is 238 g/mol. The fourth-order valence-corrected chi connectivity index (χ4v) is 1.37. The molecule has 0 aromatic heterocycles. The third-order valence-corrected chi connectivity index (χ3v) is 2.47. The number of para-hydroxylation sites is 1. The molecule has 0 unspecified atom stereocenters. The molecule has 1 aromatic carbocycles. The molecule has 0 bridgehead atoms. The molecule has 1 N–H and O–H groups in total. The second-order valence-corrected chi connectivity index (χ2v) is 4.43. The molecule has 4 heteroatoms. The molecule has 0 spiro atoms. The normalized spacial score (nSPS) is 11.1. The van der Waals surface area contributed by atoms with Crippen molar-refractivity contribution in [2.24, 2.45) is 5.41 Å². The molecule has 0 saturated heterocycles. The van der Waals surface area contributed by atoms with Gasteiger partial charge >= 0.3 is 5.97 Å². The van der Waals surface area contributed by atoms with Crippen molar-refractivity contribution in [3.05, 3.63) is 29.8 Å². The molecule has 0 aliphatic heterocycles. The molecular formula is C13H18O4. The van der Waals surface area contributed by atoms with Gasteiger partial charge in [0.05, 0.1) is 19.1 Å². The Bertz CT molecular complexity index is 385. The summed E-state index contributed by atoms with van der Waals surface area (Å²) in [6.07, 6.45) is 0. The van der Waals surface area contributed by atoms with Gasteiger partial charge in [0, 0.05) is 5.56 Å². The highest BCUT2D eigenvalue weighted by molar-refractivity contribution is 5.75. The minimum atomic E-state index is -0.711. The van der Waals surface area contributed by atoms with Crippen LogP contribution in [0.3, 0.4) is 0 Å². The van der Waals surface area contributed by atoms with E-state index in [9.17, 15) is 4.79 Å². The van der Waals surface area contributed by atoms with Gasteiger partial charge in [-0.05, 0) is 19.9 Å². The number of carbonyl (C=O) groups excluding carboxylic acids is 1. The van der Waals surface area contributed by atoms with E-state index in [4.69, 9.17) is 14.6 Å². The predicted octanol–water partition coefficient (Wildman–Crippen LogP) is 1.76. The second-order valence-electron chi connectivity index (χ2n) is 4.43. The van der Waals surface area contributed by atoms with Gasteiger partial charge in [0.1, 0.15) is 12.4 Å². The van der Waals surface area contributed by atoms with Crippen LogP contribution in [0.2, 0.25) is 0 Å². The van der Waals surface area contributed by atoms with Crippen molar-refractivity contribution in [3.8, 4) is 5.75 Å². The fourth-order valence-electron chi connectivity index (χ4n) is 1.37. The first-order valence-electron chi connectivity index (χ1n) is 5.41. The van der Waals surface area contributed by atoms with Gasteiger partial charge in [0.25, 0.3) is 0 Å². The summed E-state index contributed by atoms with van der Waals surface area (Å²) in [6, 6.07) is 7.18. The molecule has 0 fully saturated rings. The zero-order valence-electron chi connectivity index (χ0n) is 10.4. The van der Waals surface area contributed by atoms with Crippen LogP contribution in [0.1, 0.15) is 19.4 Å². The SMILES string of the molecule is COC(=O)C(C)(C)COc1ccccc1CO. The van der Waals surface area contributed by atoms with E-state index in [1.807, 2.05) is 12.1 Å². The highest BCUT2D eigenvalue weighted by atomic mass is 16.5. The lowest BCUT2D eigenvalue weighted by Gasteiger charge is -2.22. The van der Waals surface area contributed by atoms with Crippen molar-refractivity contribution in [2.45, 2.75) is 20.5 Å². The molecule has 94 valence electrons. The van der Waals surface area contributed by atoms with Crippen LogP contribution in [0.4, 0.5) is 0 Å². The Morgan fingerprint density at radius 2 is 2.00 bits per heavy atom. The van der Waals surface area contributed by atoms with Gasteiger partial charge in [0.15, 0.2) is 0 Å². The van der Waals surface area contributed by atoms with Crippen molar-refractivity contribution in [1.82, 2.24) is 0 Å². The number of rotatable bonds is 5. The summed E-state index contributed by atoms with van der Waals surface area (Å²) in [5, 5.41) is 9.13. The van der Waals surface area contributed by atoms with Crippen LogP contribution in [-0.2, 0) is 16.1 Å². The summed E-state index contributed by atoms with van der Waals surface area (Å²) < 4.78 is 10.2. The molecule has 0 aliphatic carbocycles. The van der Waals surface area contributed by atoms with Gasteiger partial charge < -0.3 is 14.6 Å². The van der Waals surface area contributed by atoms with E-state index >= 15 is 0 Å². The van der Waals surface area contributed by atoms with Gasteiger partial charge in [0.2, 0.25) is 0 Å². The molecule has 4 nitrogen and oxygen atoms in total.